The molecule has 0 aliphatic rings. The van der Waals surface area contributed by atoms with Crippen molar-refractivity contribution in [2.75, 3.05) is 14.2 Å². The van der Waals surface area contributed by atoms with Gasteiger partial charge in [0.1, 0.15) is 5.82 Å². The second-order valence-electron chi connectivity index (χ2n) is 5.32. The van der Waals surface area contributed by atoms with E-state index in [1.54, 1.807) is 31.2 Å². The van der Waals surface area contributed by atoms with Crippen LogP contribution in [0.1, 0.15) is 34.5 Å². The quantitative estimate of drug-likeness (QED) is 0.853. The normalized spacial score (nSPS) is 11.7. The molecule has 6 heteroatoms. The van der Waals surface area contributed by atoms with E-state index in [0.29, 0.717) is 29.2 Å². The minimum absolute atomic E-state index is 0.291. The molecule has 0 saturated heterocycles. The molecule has 2 rings (SSSR count). The van der Waals surface area contributed by atoms with Gasteiger partial charge in [0, 0.05) is 23.7 Å². The van der Waals surface area contributed by atoms with Crippen LogP contribution in [0.3, 0.4) is 0 Å². The highest BCUT2D eigenvalue weighted by molar-refractivity contribution is 5.94. The largest absolute Gasteiger partial charge is 0.493 e. The summed E-state index contributed by atoms with van der Waals surface area (Å²) in [5.41, 5.74) is 7.28. The van der Waals surface area contributed by atoms with Crippen LogP contribution in [0.4, 0.5) is 4.39 Å². The van der Waals surface area contributed by atoms with Crippen LogP contribution in [0.15, 0.2) is 36.4 Å². The minimum atomic E-state index is -0.536. The highest BCUT2D eigenvalue weighted by Gasteiger charge is 2.18. The molecule has 0 heterocycles. The lowest BCUT2D eigenvalue weighted by Gasteiger charge is -2.17. The van der Waals surface area contributed by atoms with Gasteiger partial charge < -0.3 is 20.5 Å². The standard InChI is InChI=1S/C18H21FN2O3/c1-11(14-8-16(23-2)17(24-3)9-15(14)19)21-18(22)13-6-4-12(10-20)5-7-13/h4-9,11H,10,20H2,1-3H3,(H,21,22). The molecular weight excluding hydrogens is 311 g/mol. The van der Waals surface area contributed by atoms with Gasteiger partial charge in [-0.15, -0.1) is 0 Å². The Kier molecular flexibility index (Phi) is 5.76. The van der Waals surface area contributed by atoms with Crippen molar-refractivity contribution in [3.05, 3.63) is 58.9 Å². The molecule has 0 aliphatic heterocycles. The second-order valence-corrected chi connectivity index (χ2v) is 5.32. The van der Waals surface area contributed by atoms with Gasteiger partial charge in [0.15, 0.2) is 11.5 Å². The molecule has 24 heavy (non-hydrogen) atoms. The zero-order valence-corrected chi connectivity index (χ0v) is 13.9. The molecule has 2 aromatic rings. The Balaban J connectivity index is 2.19. The lowest BCUT2D eigenvalue weighted by molar-refractivity contribution is 0.0939. The molecule has 0 aromatic heterocycles. The SMILES string of the molecule is COc1cc(F)c(C(C)NC(=O)c2ccc(CN)cc2)cc1OC. The first-order chi connectivity index (χ1) is 11.5. The molecule has 0 fully saturated rings. The van der Waals surface area contributed by atoms with Gasteiger partial charge in [0.05, 0.1) is 20.3 Å². The van der Waals surface area contributed by atoms with Crippen LogP contribution < -0.4 is 20.5 Å². The average Bonchev–Trinajstić information content (AvgIpc) is 2.61. The van der Waals surface area contributed by atoms with Crippen LogP contribution in [0.25, 0.3) is 0 Å². The Hall–Kier alpha value is -2.60. The van der Waals surface area contributed by atoms with E-state index in [1.807, 2.05) is 0 Å². The number of amides is 1. The Morgan fingerprint density at radius 1 is 1.17 bits per heavy atom. The van der Waals surface area contributed by atoms with Crippen LogP contribution in [0.2, 0.25) is 0 Å². The number of carbonyl (C=O) groups is 1. The molecule has 3 N–H and O–H groups in total. The third-order valence-electron chi connectivity index (χ3n) is 3.77. The van der Waals surface area contributed by atoms with Gasteiger partial charge in [0.2, 0.25) is 0 Å². The van der Waals surface area contributed by atoms with Crippen molar-refractivity contribution < 1.29 is 18.7 Å². The fourth-order valence-corrected chi connectivity index (χ4v) is 2.35. The number of carbonyl (C=O) groups excluding carboxylic acids is 1. The summed E-state index contributed by atoms with van der Waals surface area (Å²) in [6, 6.07) is 9.19. The summed E-state index contributed by atoms with van der Waals surface area (Å²) in [5, 5.41) is 2.77. The first-order valence-corrected chi connectivity index (χ1v) is 7.51. The van der Waals surface area contributed by atoms with E-state index in [-0.39, 0.29) is 5.91 Å². The number of hydrogen-bond acceptors (Lipinski definition) is 4. The van der Waals surface area contributed by atoms with Gasteiger partial charge in [-0.3, -0.25) is 4.79 Å². The maximum absolute atomic E-state index is 14.3. The van der Waals surface area contributed by atoms with E-state index in [2.05, 4.69) is 5.32 Å². The number of hydrogen-bond donors (Lipinski definition) is 2. The van der Waals surface area contributed by atoms with Crippen molar-refractivity contribution in [3.8, 4) is 11.5 Å². The first kappa shape index (κ1) is 17.7. The second kappa shape index (κ2) is 7.79. The third-order valence-corrected chi connectivity index (χ3v) is 3.77. The molecule has 0 aliphatic carbocycles. The van der Waals surface area contributed by atoms with Crippen molar-refractivity contribution in [2.24, 2.45) is 5.73 Å². The van der Waals surface area contributed by atoms with Crippen molar-refractivity contribution in [3.63, 3.8) is 0 Å². The number of benzene rings is 2. The van der Waals surface area contributed by atoms with Gasteiger partial charge in [-0.05, 0) is 30.7 Å². The van der Waals surface area contributed by atoms with E-state index in [9.17, 15) is 9.18 Å². The van der Waals surface area contributed by atoms with Crippen molar-refractivity contribution >= 4 is 5.91 Å². The number of rotatable bonds is 6. The molecular formula is C18H21FN2O3. The average molecular weight is 332 g/mol. The van der Waals surface area contributed by atoms with Gasteiger partial charge in [-0.1, -0.05) is 12.1 Å². The summed E-state index contributed by atoms with van der Waals surface area (Å²) in [4.78, 5) is 12.3. The van der Waals surface area contributed by atoms with Crippen molar-refractivity contribution in [2.45, 2.75) is 19.5 Å². The summed E-state index contributed by atoms with van der Waals surface area (Å²) in [7, 11) is 2.91. The highest BCUT2D eigenvalue weighted by atomic mass is 19.1. The Labute approximate surface area is 140 Å². The monoisotopic (exact) mass is 332 g/mol. The fourth-order valence-electron chi connectivity index (χ4n) is 2.35. The number of halogens is 1. The summed E-state index contributed by atoms with van der Waals surface area (Å²) in [6.45, 7) is 2.12. The van der Waals surface area contributed by atoms with Gasteiger partial charge in [0.25, 0.3) is 5.91 Å². The maximum atomic E-state index is 14.3. The summed E-state index contributed by atoms with van der Waals surface area (Å²) < 4.78 is 24.5. The molecule has 128 valence electrons. The number of nitrogens with two attached hydrogens (primary N) is 1. The summed E-state index contributed by atoms with van der Waals surface area (Å²) in [5.74, 6) is -0.0591. The number of methoxy groups -OCH3 is 2. The number of nitrogens with one attached hydrogen (secondary N) is 1. The number of ether oxygens (including phenoxy) is 2. The molecule has 0 radical (unpaired) electrons. The molecule has 5 nitrogen and oxygen atoms in total. The third kappa shape index (κ3) is 3.83. The first-order valence-electron chi connectivity index (χ1n) is 7.51. The molecule has 0 bridgehead atoms. The maximum Gasteiger partial charge on any atom is 0.251 e. The van der Waals surface area contributed by atoms with E-state index < -0.39 is 11.9 Å². The molecule has 1 atom stereocenters. The zero-order chi connectivity index (χ0) is 17.7. The van der Waals surface area contributed by atoms with Gasteiger partial charge >= 0.3 is 0 Å². The Bertz CT molecular complexity index is 717. The van der Waals surface area contributed by atoms with E-state index in [0.717, 1.165) is 5.56 Å². The minimum Gasteiger partial charge on any atom is -0.493 e. The lowest BCUT2D eigenvalue weighted by Crippen LogP contribution is -2.27. The van der Waals surface area contributed by atoms with Crippen LogP contribution >= 0.6 is 0 Å². The van der Waals surface area contributed by atoms with Crippen LogP contribution in [0, 0.1) is 5.82 Å². The summed E-state index contributed by atoms with van der Waals surface area (Å²) in [6.07, 6.45) is 0. The predicted molar refractivity (Wildman–Crippen MR) is 89.7 cm³/mol. The fraction of sp³-hybridized carbons (Fsp3) is 0.278. The Morgan fingerprint density at radius 2 is 1.75 bits per heavy atom. The summed E-state index contributed by atoms with van der Waals surface area (Å²) >= 11 is 0. The lowest BCUT2D eigenvalue weighted by atomic mass is 10.1. The Morgan fingerprint density at radius 3 is 2.29 bits per heavy atom. The smallest absolute Gasteiger partial charge is 0.251 e. The molecule has 1 amide bonds. The molecule has 2 aromatic carbocycles. The van der Waals surface area contributed by atoms with E-state index in [1.165, 1.54) is 26.4 Å². The van der Waals surface area contributed by atoms with Crippen LogP contribution in [-0.4, -0.2) is 20.1 Å². The predicted octanol–water partition coefficient (Wildman–Crippen LogP) is 2.79. The van der Waals surface area contributed by atoms with E-state index >= 15 is 0 Å². The highest BCUT2D eigenvalue weighted by Crippen LogP contribution is 2.32. The van der Waals surface area contributed by atoms with Crippen LogP contribution in [0.5, 0.6) is 11.5 Å². The molecule has 0 saturated carbocycles. The molecule has 1 unspecified atom stereocenters. The zero-order valence-electron chi connectivity index (χ0n) is 13.9. The van der Waals surface area contributed by atoms with Crippen molar-refractivity contribution in [1.29, 1.82) is 0 Å². The van der Waals surface area contributed by atoms with Crippen molar-refractivity contribution in [1.82, 2.24) is 5.32 Å². The van der Waals surface area contributed by atoms with Gasteiger partial charge in [-0.2, -0.15) is 0 Å². The van der Waals surface area contributed by atoms with E-state index in [4.69, 9.17) is 15.2 Å². The van der Waals surface area contributed by atoms with Gasteiger partial charge in [-0.25, -0.2) is 4.39 Å². The molecule has 0 spiro atoms. The topological polar surface area (TPSA) is 73.6 Å². The van der Waals surface area contributed by atoms with Crippen LogP contribution in [-0.2, 0) is 6.54 Å².